The summed E-state index contributed by atoms with van der Waals surface area (Å²) in [5.74, 6) is -3.92. The van der Waals surface area contributed by atoms with E-state index in [1.165, 1.54) is 30.1 Å². The summed E-state index contributed by atoms with van der Waals surface area (Å²) in [6.45, 7) is -0.262. The van der Waals surface area contributed by atoms with Crippen LogP contribution in [0.4, 0.5) is 14.6 Å². The molecule has 5 atom stereocenters. The molecule has 0 radical (unpaired) electrons. The van der Waals surface area contributed by atoms with Gasteiger partial charge in [0.25, 0.3) is 0 Å². The molecule has 2 aliphatic heterocycles. The van der Waals surface area contributed by atoms with E-state index < -0.39 is 50.4 Å². The molecule has 2 fully saturated rings. The maximum Gasteiger partial charge on any atom is 0.459 e. The maximum absolute atomic E-state index is 14.9. The highest BCUT2D eigenvalue weighted by molar-refractivity contribution is 7.52. The third kappa shape index (κ3) is 5.83. The van der Waals surface area contributed by atoms with Crippen molar-refractivity contribution in [1.29, 1.82) is 0 Å². The highest BCUT2D eigenvalue weighted by atomic mass is 31.2. The van der Waals surface area contributed by atoms with Crippen molar-refractivity contribution in [3.05, 3.63) is 53.1 Å². The standard InChI is InChI=1S/C22H28F2N5O7P/c1-25-17-10-12-29(21(32)26-17)20-22(23,24)18(30)16(35-20)13-34-37(33,36-14-7-4-3-5-8-14)27-15-9-6-11-28(2)19(15)31/h3-5,7-8,10,12,15-16,18,20,30H,6,9,11,13H2,1-2H3,(H,27,33)(H,25,26,32)/t15?,16?,18-,20-,37?/m1/s1. The first-order chi connectivity index (χ1) is 17.5. The molecule has 12 nitrogen and oxygen atoms in total. The highest BCUT2D eigenvalue weighted by Gasteiger charge is 2.60. The number of likely N-dealkylation sites (N-methyl/N-ethyl adjacent to an activating group) is 1. The molecule has 0 bridgehead atoms. The molecule has 1 aromatic heterocycles. The van der Waals surface area contributed by atoms with Crippen LogP contribution in [0.2, 0.25) is 0 Å². The third-order valence-electron chi connectivity index (χ3n) is 6.07. The number of piperidine rings is 1. The summed E-state index contributed by atoms with van der Waals surface area (Å²) in [6.07, 6.45) is -4.21. The second-order valence-electron chi connectivity index (χ2n) is 8.68. The van der Waals surface area contributed by atoms with Crippen LogP contribution >= 0.6 is 7.75 Å². The normalized spacial score (nSPS) is 27.1. The first-order valence-corrected chi connectivity index (χ1v) is 13.1. The number of carbonyl (C=O) groups is 1. The number of carbonyl (C=O) groups excluding carboxylic acids is 1. The van der Waals surface area contributed by atoms with Crippen molar-refractivity contribution in [2.45, 2.75) is 43.2 Å². The molecular formula is C22H28F2N5O7P. The zero-order valence-corrected chi connectivity index (χ0v) is 21.0. The summed E-state index contributed by atoms with van der Waals surface area (Å²) >= 11 is 0. The molecule has 1 amide bonds. The van der Waals surface area contributed by atoms with Crippen molar-refractivity contribution in [3.8, 4) is 5.75 Å². The number of amides is 1. The number of rotatable bonds is 9. The number of ether oxygens (including phenoxy) is 1. The second kappa shape index (κ2) is 10.8. The summed E-state index contributed by atoms with van der Waals surface area (Å²) in [5, 5.41) is 15.5. The van der Waals surface area contributed by atoms with Crippen molar-refractivity contribution in [1.82, 2.24) is 19.5 Å². The van der Waals surface area contributed by atoms with Crippen LogP contribution in [-0.4, -0.2) is 76.9 Å². The van der Waals surface area contributed by atoms with Crippen LogP contribution in [-0.2, 0) is 18.6 Å². The number of halogens is 2. The lowest BCUT2D eigenvalue weighted by Gasteiger charge is -2.32. The number of nitrogens with one attached hydrogen (secondary N) is 2. The minimum absolute atomic E-state index is 0.147. The van der Waals surface area contributed by atoms with E-state index in [0.717, 1.165) is 6.20 Å². The fraction of sp³-hybridized carbons (Fsp3) is 0.500. The monoisotopic (exact) mass is 543 g/mol. The Balaban J connectivity index is 1.53. The van der Waals surface area contributed by atoms with Gasteiger partial charge in [0.05, 0.1) is 12.6 Å². The van der Waals surface area contributed by atoms with Gasteiger partial charge in [0.15, 0.2) is 6.10 Å². The van der Waals surface area contributed by atoms with Gasteiger partial charge in [-0.05, 0) is 31.0 Å². The smallest absolute Gasteiger partial charge is 0.413 e. The number of aliphatic hydroxyl groups excluding tert-OH is 1. The minimum atomic E-state index is -4.33. The number of anilines is 1. The third-order valence-corrected chi connectivity index (χ3v) is 7.64. The van der Waals surface area contributed by atoms with Crippen LogP contribution in [0.5, 0.6) is 5.75 Å². The van der Waals surface area contributed by atoms with Crippen molar-refractivity contribution >= 4 is 19.5 Å². The van der Waals surface area contributed by atoms with Crippen LogP contribution in [0.15, 0.2) is 47.4 Å². The van der Waals surface area contributed by atoms with E-state index in [0.29, 0.717) is 24.0 Å². The van der Waals surface area contributed by atoms with E-state index in [9.17, 15) is 28.0 Å². The topological polar surface area (TPSA) is 144 Å². The second-order valence-corrected chi connectivity index (χ2v) is 10.4. The molecule has 4 rings (SSSR count). The molecule has 0 aliphatic carbocycles. The summed E-state index contributed by atoms with van der Waals surface area (Å²) in [5.41, 5.74) is -1.02. The fourth-order valence-electron chi connectivity index (χ4n) is 4.06. The van der Waals surface area contributed by atoms with Gasteiger partial charge in [-0.25, -0.2) is 9.36 Å². The first kappa shape index (κ1) is 27.1. The van der Waals surface area contributed by atoms with Gasteiger partial charge in [-0.1, -0.05) is 18.2 Å². The van der Waals surface area contributed by atoms with Crippen molar-refractivity contribution in [3.63, 3.8) is 0 Å². The minimum Gasteiger partial charge on any atom is -0.413 e. The summed E-state index contributed by atoms with van der Waals surface area (Å²) < 4.78 is 60.4. The Kier molecular flexibility index (Phi) is 7.95. The van der Waals surface area contributed by atoms with Gasteiger partial charge in [0.2, 0.25) is 12.1 Å². The van der Waals surface area contributed by atoms with Gasteiger partial charge in [-0.2, -0.15) is 18.9 Å². The number of hydrogen-bond donors (Lipinski definition) is 3. The van der Waals surface area contributed by atoms with Crippen LogP contribution in [0.3, 0.4) is 0 Å². The molecule has 3 unspecified atom stereocenters. The van der Waals surface area contributed by atoms with Crippen LogP contribution in [0, 0.1) is 0 Å². The lowest BCUT2D eigenvalue weighted by Crippen LogP contribution is -2.48. The Morgan fingerprint density at radius 2 is 2.00 bits per heavy atom. The number of aromatic nitrogens is 2. The molecule has 2 aliphatic rings. The number of aliphatic hydroxyl groups is 1. The summed E-state index contributed by atoms with van der Waals surface area (Å²) in [7, 11) is -1.22. The summed E-state index contributed by atoms with van der Waals surface area (Å²) in [4.78, 5) is 29.9. The van der Waals surface area contributed by atoms with Gasteiger partial charge in [0, 0.05) is 26.8 Å². The first-order valence-electron chi connectivity index (χ1n) is 11.5. The zero-order chi connectivity index (χ0) is 26.8. The summed E-state index contributed by atoms with van der Waals surface area (Å²) in [6, 6.07) is 8.36. The molecule has 0 saturated carbocycles. The predicted octanol–water partition coefficient (Wildman–Crippen LogP) is 1.59. The average molecular weight is 543 g/mol. The molecule has 202 valence electrons. The Labute approximate surface area is 211 Å². The number of nitrogens with zero attached hydrogens (tertiary/aromatic N) is 3. The van der Waals surface area contributed by atoms with E-state index in [1.54, 1.807) is 25.2 Å². The number of alkyl halides is 2. The van der Waals surface area contributed by atoms with Crippen molar-refractivity contribution in [2.75, 3.05) is 32.6 Å². The fourth-order valence-corrected chi connectivity index (χ4v) is 5.60. The zero-order valence-electron chi connectivity index (χ0n) is 20.1. The largest absolute Gasteiger partial charge is 0.459 e. The molecule has 3 heterocycles. The lowest BCUT2D eigenvalue weighted by atomic mass is 10.1. The van der Waals surface area contributed by atoms with E-state index >= 15 is 0 Å². The lowest BCUT2D eigenvalue weighted by molar-refractivity contribution is -0.140. The Morgan fingerprint density at radius 1 is 1.27 bits per heavy atom. The highest BCUT2D eigenvalue weighted by Crippen LogP contribution is 2.48. The maximum atomic E-state index is 14.9. The van der Waals surface area contributed by atoms with Gasteiger partial charge < -0.3 is 24.6 Å². The molecule has 0 spiro atoms. The molecule has 3 N–H and O–H groups in total. The van der Waals surface area contributed by atoms with Crippen LogP contribution in [0.1, 0.15) is 19.1 Å². The van der Waals surface area contributed by atoms with E-state index in [-0.39, 0.29) is 17.5 Å². The molecule has 2 aromatic rings. The van der Waals surface area contributed by atoms with Crippen molar-refractivity contribution in [2.24, 2.45) is 0 Å². The van der Waals surface area contributed by atoms with Gasteiger partial charge in [0.1, 0.15) is 17.7 Å². The molecule has 37 heavy (non-hydrogen) atoms. The Bertz CT molecular complexity index is 1220. The van der Waals surface area contributed by atoms with Crippen molar-refractivity contribution < 1.29 is 37.0 Å². The van der Waals surface area contributed by atoms with E-state index in [4.69, 9.17) is 13.8 Å². The number of likely N-dealkylation sites (tertiary alicyclic amines) is 1. The van der Waals surface area contributed by atoms with Gasteiger partial charge in [-0.15, -0.1) is 0 Å². The average Bonchev–Trinajstić information content (AvgIpc) is 3.09. The molecule has 2 saturated heterocycles. The van der Waals surface area contributed by atoms with Gasteiger partial charge >= 0.3 is 19.4 Å². The van der Waals surface area contributed by atoms with Crippen LogP contribution < -0.4 is 20.6 Å². The molecule has 15 heteroatoms. The Hall–Kier alpha value is -2.90. The molecule has 1 aromatic carbocycles. The Morgan fingerprint density at radius 3 is 2.68 bits per heavy atom. The van der Waals surface area contributed by atoms with Crippen LogP contribution in [0.25, 0.3) is 0 Å². The number of para-hydroxylation sites is 1. The molecular weight excluding hydrogens is 515 g/mol. The quantitative estimate of drug-likeness (QED) is 0.399. The SMILES string of the molecule is CNc1ccn([C@@H]2OC(COP(=O)(NC3CCCN(C)C3=O)Oc3ccccc3)[C@@H](O)C2(F)F)c(=O)n1. The van der Waals surface area contributed by atoms with E-state index in [2.05, 4.69) is 15.4 Å². The van der Waals surface area contributed by atoms with E-state index in [1.807, 2.05) is 0 Å². The number of hydrogen-bond acceptors (Lipinski definition) is 9. The number of benzene rings is 1. The predicted molar refractivity (Wildman–Crippen MR) is 127 cm³/mol. The van der Waals surface area contributed by atoms with Gasteiger partial charge in [-0.3, -0.25) is 13.9 Å².